The van der Waals surface area contributed by atoms with Gasteiger partial charge in [0.15, 0.2) is 0 Å². The Labute approximate surface area is 126 Å². The highest BCUT2D eigenvalue weighted by Gasteiger charge is 2.15. The lowest BCUT2D eigenvalue weighted by molar-refractivity contribution is 0.100. The Morgan fingerprint density at radius 1 is 1.18 bits per heavy atom. The van der Waals surface area contributed by atoms with Crippen molar-refractivity contribution in [3.05, 3.63) is 54.2 Å². The monoisotopic (exact) mass is 294 g/mol. The number of benzene rings is 2. The molecule has 3 rings (SSSR count). The number of nitrogens with one attached hydrogen (secondary N) is 1. The number of nitrogens with two attached hydrogens (primary N) is 2. The first-order valence-electron chi connectivity index (χ1n) is 6.59. The highest BCUT2D eigenvalue weighted by atomic mass is 16.3. The van der Waals surface area contributed by atoms with Crippen LogP contribution in [0.25, 0.3) is 10.9 Å². The van der Waals surface area contributed by atoms with Gasteiger partial charge in [-0.1, -0.05) is 18.2 Å². The van der Waals surface area contributed by atoms with Gasteiger partial charge in [-0.15, -0.1) is 0 Å². The van der Waals surface area contributed by atoms with Gasteiger partial charge in [0.2, 0.25) is 0 Å². The maximum Gasteiger partial charge on any atom is 0.252 e. The van der Waals surface area contributed by atoms with Crippen molar-refractivity contribution < 1.29 is 9.90 Å². The van der Waals surface area contributed by atoms with Gasteiger partial charge in [0, 0.05) is 23.3 Å². The summed E-state index contributed by atoms with van der Waals surface area (Å²) >= 11 is 0. The van der Waals surface area contributed by atoms with Crippen molar-refractivity contribution in [1.29, 1.82) is 0 Å². The third kappa shape index (κ3) is 2.37. The molecule has 110 valence electrons. The van der Waals surface area contributed by atoms with Crippen LogP contribution in [-0.4, -0.2) is 16.0 Å². The number of hydrogen-bond acceptors (Lipinski definition) is 5. The summed E-state index contributed by atoms with van der Waals surface area (Å²) in [5.74, 6) is -0.656. The summed E-state index contributed by atoms with van der Waals surface area (Å²) in [6.45, 7) is 0. The normalized spacial score (nSPS) is 10.5. The van der Waals surface area contributed by atoms with E-state index in [9.17, 15) is 9.90 Å². The zero-order valence-corrected chi connectivity index (χ0v) is 11.6. The van der Waals surface area contributed by atoms with E-state index in [0.29, 0.717) is 16.6 Å². The zero-order chi connectivity index (χ0) is 15.7. The minimum absolute atomic E-state index is 0.0579. The minimum atomic E-state index is -0.598. The molecule has 0 fully saturated rings. The fourth-order valence-corrected chi connectivity index (χ4v) is 2.23. The molecular weight excluding hydrogens is 280 g/mol. The van der Waals surface area contributed by atoms with Crippen LogP contribution in [0.2, 0.25) is 0 Å². The Kier molecular flexibility index (Phi) is 3.27. The topological polar surface area (TPSA) is 114 Å². The number of aromatic nitrogens is 1. The van der Waals surface area contributed by atoms with Crippen LogP contribution in [0, 0.1) is 0 Å². The average Bonchev–Trinajstić information content (AvgIpc) is 2.50. The Hall–Kier alpha value is -3.28. The number of nitrogens with zero attached hydrogens (tertiary/aromatic N) is 1. The number of phenols is 1. The van der Waals surface area contributed by atoms with Crippen LogP contribution in [0.4, 0.5) is 17.1 Å². The van der Waals surface area contributed by atoms with Crippen molar-refractivity contribution >= 4 is 33.9 Å². The summed E-state index contributed by atoms with van der Waals surface area (Å²) in [7, 11) is 0. The largest absolute Gasteiger partial charge is 0.506 e. The summed E-state index contributed by atoms with van der Waals surface area (Å²) in [4.78, 5) is 15.8. The molecule has 1 aromatic heterocycles. The van der Waals surface area contributed by atoms with E-state index in [1.165, 1.54) is 12.3 Å². The van der Waals surface area contributed by atoms with Gasteiger partial charge in [-0.25, -0.2) is 0 Å². The van der Waals surface area contributed by atoms with Gasteiger partial charge in [0.1, 0.15) is 5.75 Å². The van der Waals surface area contributed by atoms with E-state index in [1.807, 2.05) is 30.3 Å². The number of amides is 1. The number of rotatable bonds is 3. The van der Waals surface area contributed by atoms with E-state index in [-0.39, 0.29) is 17.0 Å². The second kappa shape index (κ2) is 5.25. The number of para-hydroxylation sites is 1. The summed E-state index contributed by atoms with van der Waals surface area (Å²) in [6, 6.07) is 12.4. The number of primary amides is 1. The van der Waals surface area contributed by atoms with Crippen LogP contribution in [0.15, 0.2) is 48.7 Å². The molecule has 0 saturated carbocycles. The van der Waals surface area contributed by atoms with E-state index < -0.39 is 5.91 Å². The molecule has 1 heterocycles. The van der Waals surface area contributed by atoms with Crippen LogP contribution >= 0.6 is 0 Å². The lowest BCUT2D eigenvalue weighted by Gasteiger charge is -2.14. The second-order valence-corrected chi connectivity index (χ2v) is 4.83. The molecule has 0 spiro atoms. The number of anilines is 3. The second-order valence-electron chi connectivity index (χ2n) is 4.83. The van der Waals surface area contributed by atoms with E-state index in [2.05, 4.69) is 10.3 Å². The third-order valence-electron chi connectivity index (χ3n) is 3.32. The van der Waals surface area contributed by atoms with Crippen LogP contribution in [0.1, 0.15) is 10.4 Å². The lowest BCUT2D eigenvalue weighted by atomic mass is 10.1. The maximum absolute atomic E-state index is 11.7. The van der Waals surface area contributed by atoms with Crippen molar-refractivity contribution in [3.8, 4) is 5.75 Å². The Balaban J connectivity index is 2.25. The van der Waals surface area contributed by atoms with E-state index in [0.717, 1.165) is 5.69 Å². The average molecular weight is 294 g/mol. The quantitative estimate of drug-likeness (QED) is 0.437. The first-order valence-corrected chi connectivity index (χ1v) is 6.59. The Bertz CT molecular complexity index is 863. The maximum atomic E-state index is 11.7. The molecule has 0 aliphatic rings. The number of carbonyl (C=O) groups is 1. The molecule has 22 heavy (non-hydrogen) atoms. The summed E-state index contributed by atoms with van der Waals surface area (Å²) in [6.07, 6.45) is 1.38. The van der Waals surface area contributed by atoms with Gasteiger partial charge >= 0.3 is 0 Å². The molecule has 0 bridgehead atoms. The predicted octanol–water partition coefficient (Wildman–Crippen LogP) is 2.37. The first-order chi connectivity index (χ1) is 10.6. The van der Waals surface area contributed by atoms with Gasteiger partial charge in [-0.3, -0.25) is 9.78 Å². The summed E-state index contributed by atoms with van der Waals surface area (Å²) in [5.41, 5.74) is 13.4. The molecule has 3 aromatic rings. The summed E-state index contributed by atoms with van der Waals surface area (Å²) in [5, 5.41) is 13.5. The lowest BCUT2D eigenvalue weighted by Crippen LogP contribution is -2.14. The molecule has 0 saturated heterocycles. The molecule has 1 amide bonds. The number of hydrogen-bond donors (Lipinski definition) is 4. The molecule has 6 nitrogen and oxygen atoms in total. The number of fused-ring (bicyclic) bond motifs is 1. The van der Waals surface area contributed by atoms with Crippen molar-refractivity contribution in [2.45, 2.75) is 0 Å². The van der Waals surface area contributed by atoms with Gasteiger partial charge < -0.3 is 21.9 Å². The van der Waals surface area contributed by atoms with Crippen LogP contribution in [0.3, 0.4) is 0 Å². The zero-order valence-electron chi connectivity index (χ0n) is 11.6. The molecule has 6 N–H and O–H groups in total. The summed E-state index contributed by atoms with van der Waals surface area (Å²) < 4.78 is 0. The van der Waals surface area contributed by atoms with Gasteiger partial charge in [0.05, 0.1) is 22.5 Å². The highest BCUT2D eigenvalue weighted by molar-refractivity contribution is 6.08. The minimum Gasteiger partial charge on any atom is -0.506 e. The number of phenolic OH excluding ortho intramolecular Hbond substituents is 1. The standard InChI is InChI=1S/C16H14N4O2/c17-12-6-10-13(7-14(12)21)19-8-11(16(18)22)15(10)20-9-4-2-1-3-5-9/h1-8,21H,17H2,(H2,18,22)(H,19,20). The fraction of sp³-hybridized carbons (Fsp3) is 0. The van der Waals surface area contributed by atoms with E-state index in [4.69, 9.17) is 11.5 Å². The van der Waals surface area contributed by atoms with Crippen LogP contribution < -0.4 is 16.8 Å². The first kappa shape index (κ1) is 13.7. The molecule has 0 aliphatic heterocycles. The van der Waals surface area contributed by atoms with Crippen LogP contribution in [-0.2, 0) is 0 Å². The molecule has 6 heteroatoms. The van der Waals surface area contributed by atoms with E-state index in [1.54, 1.807) is 6.07 Å². The van der Waals surface area contributed by atoms with Crippen LogP contribution in [0.5, 0.6) is 5.75 Å². The van der Waals surface area contributed by atoms with Gasteiger partial charge in [-0.2, -0.15) is 0 Å². The predicted molar refractivity (Wildman–Crippen MR) is 86.1 cm³/mol. The highest BCUT2D eigenvalue weighted by Crippen LogP contribution is 2.33. The van der Waals surface area contributed by atoms with Gasteiger partial charge in [0.25, 0.3) is 5.91 Å². The van der Waals surface area contributed by atoms with Crippen molar-refractivity contribution in [2.75, 3.05) is 11.1 Å². The van der Waals surface area contributed by atoms with Crippen molar-refractivity contribution in [3.63, 3.8) is 0 Å². The SMILES string of the molecule is NC(=O)c1cnc2cc(O)c(N)cc2c1Nc1ccccc1. The van der Waals surface area contributed by atoms with E-state index >= 15 is 0 Å². The van der Waals surface area contributed by atoms with Crippen molar-refractivity contribution in [2.24, 2.45) is 5.73 Å². The number of carbonyl (C=O) groups excluding carboxylic acids is 1. The Morgan fingerprint density at radius 2 is 1.91 bits per heavy atom. The number of pyridine rings is 1. The molecular formula is C16H14N4O2. The van der Waals surface area contributed by atoms with Gasteiger partial charge in [-0.05, 0) is 18.2 Å². The fourth-order valence-electron chi connectivity index (χ4n) is 2.23. The molecule has 0 unspecified atom stereocenters. The smallest absolute Gasteiger partial charge is 0.252 e. The molecule has 2 aromatic carbocycles. The third-order valence-corrected chi connectivity index (χ3v) is 3.32. The number of nitrogen functional groups attached to an aromatic ring is 1. The van der Waals surface area contributed by atoms with Crippen molar-refractivity contribution in [1.82, 2.24) is 4.98 Å². The molecule has 0 aliphatic carbocycles. The Morgan fingerprint density at radius 3 is 2.59 bits per heavy atom. The number of aromatic hydroxyl groups is 1. The molecule has 0 atom stereocenters. The molecule has 0 radical (unpaired) electrons.